The number of carbonyl (C=O) groups excluding carboxylic acids is 2. The number of aromatic amines is 1. The normalized spacial score (nSPS) is 15.2. The number of fused-ring (bicyclic) bond motifs is 4. The SMILES string of the molecule is CCC(C)C(Nc1ccc2c(cc1=O)C(NC(C)=O)CCc1cc(OC)c(OC)c(OC)c1-2)C(=O)NC(c1ccccc1)c1nc2ccccc2[nH]1. The fourth-order valence-electron chi connectivity index (χ4n) is 6.99. The van der Waals surface area contributed by atoms with Crippen molar-refractivity contribution in [3.8, 4) is 28.4 Å². The van der Waals surface area contributed by atoms with Crippen molar-refractivity contribution in [1.29, 1.82) is 0 Å². The van der Waals surface area contributed by atoms with Crippen LogP contribution in [0.2, 0.25) is 0 Å². The molecule has 1 heterocycles. The molecule has 5 aromatic rings. The molecule has 1 aromatic heterocycles. The first-order valence-corrected chi connectivity index (χ1v) is 17.5. The third-order valence-electron chi connectivity index (χ3n) is 9.82. The van der Waals surface area contributed by atoms with Gasteiger partial charge in [0.25, 0.3) is 0 Å². The standard InChI is InChI=1S/C41H45N5O6/c1-7-23(2)36(41(49)46-37(25-13-9-8-10-14-25)40-44-30-15-11-12-16-31(30)45-40)43-32-20-18-27-28(22-33(32)48)29(42-24(3)47)19-17-26-21-34(50-4)38(51-5)39(52-6)35(26)27/h8-16,18,20-23,29,36-37H,7,17,19H2,1-6H3,(H,42,47)(H,43,48)(H,44,45)(H,46,49). The number of anilines is 1. The molecule has 0 fully saturated rings. The number of imidazole rings is 1. The van der Waals surface area contributed by atoms with Crippen LogP contribution in [0.3, 0.4) is 0 Å². The van der Waals surface area contributed by atoms with Gasteiger partial charge in [0.05, 0.1) is 44.1 Å². The van der Waals surface area contributed by atoms with E-state index in [1.807, 2.05) is 80.6 Å². The molecule has 0 saturated carbocycles. The molecule has 270 valence electrons. The first kappa shape index (κ1) is 36.0. The monoisotopic (exact) mass is 703 g/mol. The number of aromatic nitrogens is 2. The number of hydrogen-bond acceptors (Lipinski definition) is 8. The fourth-order valence-corrected chi connectivity index (χ4v) is 6.99. The van der Waals surface area contributed by atoms with E-state index in [9.17, 15) is 14.4 Å². The molecule has 11 nitrogen and oxygen atoms in total. The molecule has 0 bridgehead atoms. The molecular formula is C41H45N5O6. The van der Waals surface area contributed by atoms with Crippen molar-refractivity contribution in [3.63, 3.8) is 0 Å². The Morgan fingerprint density at radius 1 is 0.942 bits per heavy atom. The van der Waals surface area contributed by atoms with Crippen LogP contribution in [0.25, 0.3) is 22.2 Å². The number of ether oxygens (including phenoxy) is 3. The Morgan fingerprint density at radius 3 is 2.35 bits per heavy atom. The van der Waals surface area contributed by atoms with Gasteiger partial charge in [-0.05, 0) is 71.3 Å². The molecule has 0 spiro atoms. The molecule has 2 amide bonds. The van der Waals surface area contributed by atoms with E-state index in [-0.39, 0.29) is 28.8 Å². The van der Waals surface area contributed by atoms with Crippen molar-refractivity contribution >= 4 is 28.5 Å². The van der Waals surface area contributed by atoms with Crippen LogP contribution in [0.1, 0.15) is 68.2 Å². The average Bonchev–Trinajstić information content (AvgIpc) is 3.45. The molecule has 52 heavy (non-hydrogen) atoms. The molecule has 0 saturated heterocycles. The predicted octanol–water partition coefficient (Wildman–Crippen LogP) is 6.47. The van der Waals surface area contributed by atoms with E-state index in [0.717, 1.165) is 27.7 Å². The van der Waals surface area contributed by atoms with Crippen molar-refractivity contribution in [2.75, 3.05) is 26.6 Å². The average molecular weight is 704 g/mol. The smallest absolute Gasteiger partial charge is 0.243 e. The summed E-state index contributed by atoms with van der Waals surface area (Å²) in [5.41, 5.74) is 5.45. The number of rotatable bonds is 12. The van der Waals surface area contributed by atoms with Crippen molar-refractivity contribution < 1.29 is 23.8 Å². The highest BCUT2D eigenvalue weighted by atomic mass is 16.5. The van der Waals surface area contributed by atoms with Gasteiger partial charge >= 0.3 is 0 Å². The van der Waals surface area contributed by atoms with E-state index in [2.05, 4.69) is 20.9 Å². The van der Waals surface area contributed by atoms with Gasteiger partial charge in [-0.15, -0.1) is 0 Å². The van der Waals surface area contributed by atoms with E-state index in [1.165, 1.54) is 6.92 Å². The molecule has 11 heteroatoms. The maximum Gasteiger partial charge on any atom is 0.243 e. The quantitative estimate of drug-likeness (QED) is 0.116. The highest BCUT2D eigenvalue weighted by Gasteiger charge is 2.32. The summed E-state index contributed by atoms with van der Waals surface area (Å²) in [6.07, 6.45) is 1.79. The number of nitrogens with one attached hydrogen (secondary N) is 4. The van der Waals surface area contributed by atoms with Crippen molar-refractivity contribution in [2.24, 2.45) is 5.92 Å². The van der Waals surface area contributed by atoms with Gasteiger partial charge in [-0.2, -0.15) is 0 Å². The highest BCUT2D eigenvalue weighted by molar-refractivity contribution is 5.87. The van der Waals surface area contributed by atoms with Crippen LogP contribution in [0, 0.1) is 5.92 Å². The van der Waals surface area contributed by atoms with Gasteiger partial charge in [0.1, 0.15) is 17.9 Å². The lowest BCUT2D eigenvalue weighted by Crippen LogP contribution is -2.46. The minimum absolute atomic E-state index is 0.153. The minimum Gasteiger partial charge on any atom is -0.493 e. The van der Waals surface area contributed by atoms with Crippen molar-refractivity contribution in [1.82, 2.24) is 20.6 Å². The van der Waals surface area contributed by atoms with Crippen LogP contribution < -0.4 is 35.6 Å². The number of benzene rings is 3. The Hall–Kier alpha value is -5.84. The number of amides is 2. The minimum atomic E-state index is -0.771. The Bertz CT molecular complexity index is 2120. The van der Waals surface area contributed by atoms with E-state index in [0.29, 0.717) is 53.5 Å². The molecule has 6 rings (SSSR count). The second kappa shape index (κ2) is 15.6. The Kier molecular flexibility index (Phi) is 10.8. The summed E-state index contributed by atoms with van der Waals surface area (Å²) in [6.45, 7) is 5.45. The van der Waals surface area contributed by atoms with E-state index in [1.54, 1.807) is 33.5 Å². The summed E-state index contributed by atoms with van der Waals surface area (Å²) in [5, 5.41) is 9.59. The molecule has 1 aliphatic rings. The zero-order valence-corrected chi connectivity index (χ0v) is 30.3. The van der Waals surface area contributed by atoms with Crippen LogP contribution >= 0.6 is 0 Å². The maximum absolute atomic E-state index is 14.4. The first-order chi connectivity index (χ1) is 25.2. The second-order valence-electron chi connectivity index (χ2n) is 13.1. The summed E-state index contributed by atoms with van der Waals surface area (Å²) in [5.74, 6) is 1.35. The van der Waals surface area contributed by atoms with Crippen LogP contribution in [0.15, 0.2) is 83.7 Å². The summed E-state index contributed by atoms with van der Waals surface area (Å²) in [7, 11) is 4.68. The molecule has 4 atom stereocenters. The summed E-state index contributed by atoms with van der Waals surface area (Å²) in [6, 6.07) is 22.6. The van der Waals surface area contributed by atoms with Gasteiger partial charge in [0, 0.05) is 12.5 Å². The van der Waals surface area contributed by atoms with Crippen molar-refractivity contribution in [2.45, 2.75) is 58.2 Å². The van der Waals surface area contributed by atoms with Gasteiger partial charge in [-0.3, -0.25) is 14.4 Å². The third-order valence-corrected chi connectivity index (χ3v) is 9.82. The van der Waals surface area contributed by atoms with Crippen LogP contribution in [-0.4, -0.2) is 49.2 Å². The largest absolute Gasteiger partial charge is 0.493 e. The molecule has 0 aliphatic heterocycles. The number of hydrogen-bond donors (Lipinski definition) is 4. The van der Waals surface area contributed by atoms with Gasteiger partial charge < -0.3 is 35.1 Å². The summed E-state index contributed by atoms with van der Waals surface area (Å²) < 4.78 is 17.3. The molecule has 4 unspecified atom stereocenters. The highest BCUT2D eigenvalue weighted by Crippen LogP contribution is 2.50. The lowest BCUT2D eigenvalue weighted by molar-refractivity contribution is -0.123. The van der Waals surface area contributed by atoms with Gasteiger partial charge in [-0.25, -0.2) is 4.98 Å². The fraction of sp³-hybridized carbons (Fsp3) is 0.317. The van der Waals surface area contributed by atoms with Gasteiger partial charge in [-0.1, -0.05) is 68.8 Å². The topological polar surface area (TPSA) is 144 Å². The van der Waals surface area contributed by atoms with Crippen LogP contribution in [0.4, 0.5) is 5.69 Å². The second-order valence-corrected chi connectivity index (χ2v) is 13.1. The molecular weight excluding hydrogens is 658 g/mol. The van der Waals surface area contributed by atoms with Gasteiger partial charge in [0.2, 0.25) is 23.0 Å². The first-order valence-electron chi connectivity index (χ1n) is 17.5. The number of para-hydroxylation sites is 2. The Morgan fingerprint density at radius 2 is 1.67 bits per heavy atom. The Labute approximate surface area is 303 Å². The number of nitrogens with zero attached hydrogens (tertiary/aromatic N) is 1. The summed E-state index contributed by atoms with van der Waals surface area (Å²) in [4.78, 5) is 49.1. The van der Waals surface area contributed by atoms with Gasteiger partial charge in [0.15, 0.2) is 11.5 Å². The molecule has 1 aliphatic carbocycles. The lowest BCUT2D eigenvalue weighted by Gasteiger charge is -2.26. The number of H-pyrrole nitrogens is 1. The van der Waals surface area contributed by atoms with E-state index >= 15 is 0 Å². The number of carbonyl (C=O) groups is 2. The van der Waals surface area contributed by atoms with Crippen LogP contribution in [0.5, 0.6) is 17.2 Å². The molecule has 4 N–H and O–H groups in total. The van der Waals surface area contributed by atoms with Crippen LogP contribution in [-0.2, 0) is 16.0 Å². The molecule has 0 radical (unpaired) electrons. The number of methoxy groups -OCH3 is 3. The van der Waals surface area contributed by atoms with E-state index < -0.39 is 18.1 Å². The lowest BCUT2D eigenvalue weighted by atomic mass is 9.95. The Balaban J connectivity index is 1.43. The maximum atomic E-state index is 14.4. The predicted molar refractivity (Wildman–Crippen MR) is 202 cm³/mol. The van der Waals surface area contributed by atoms with E-state index in [4.69, 9.17) is 19.2 Å². The van der Waals surface area contributed by atoms with Crippen molar-refractivity contribution in [3.05, 3.63) is 112 Å². The zero-order valence-electron chi connectivity index (χ0n) is 30.3. The number of aryl methyl sites for hydroxylation is 1. The molecule has 4 aromatic carbocycles. The zero-order chi connectivity index (χ0) is 36.9. The third kappa shape index (κ3) is 7.16. The summed E-state index contributed by atoms with van der Waals surface area (Å²) >= 11 is 0.